The second-order valence-corrected chi connectivity index (χ2v) is 6.30. The first-order chi connectivity index (χ1) is 8.59. The van der Waals surface area contributed by atoms with Gasteiger partial charge in [-0.1, -0.05) is 27.7 Å². The van der Waals surface area contributed by atoms with Crippen LogP contribution in [0.3, 0.4) is 0 Å². The number of aromatic nitrogens is 2. The molecule has 1 aliphatic rings. The molecule has 1 aliphatic carbocycles. The molecule has 2 rings (SSSR count). The van der Waals surface area contributed by atoms with Crippen LogP contribution in [0.4, 0.5) is 0 Å². The van der Waals surface area contributed by atoms with E-state index < -0.39 is 0 Å². The van der Waals surface area contributed by atoms with Crippen molar-refractivity contribution in [1.82, 2.24) is 14.9 Å². The lowest BCUT2D eigenvalue weighted by Crippen LogP contribution is -2.23. The highest BCUT2D eigenvalue weighted by Gasteiger charge is 2.31. The summed E-state index contributed by atoms with van der Waals surface area (Å²) in [7, 11) is 0. The Labute approximate surface area is 111 Å². The Morgan fingerprint density at radius 3 is 2.78 bits per heavy atom. The predicted molar refractivity (Wildman–Crippen MR) is 75.4 cm³/mol. The number of rotatable bonds is 5. The van der Waals surface area contributed by atoms with Crippen molar-refractivity contribution < 1.29 is 0 Å². The van der Waals surface area contributed by atoms with E-state index in [-0.39, 0.29) is 0 Å². The number of nitrogens with zero attached hydrogens (tertiary/aromatic N) is 2. The highest BCUT2D eigenvalue weighted by atomic mass is 15.1. The Balaban J connectivity index is 1.99. The fourth-order valence-corrected chi connectivity index (χ4v) is 2.99. The van der Waals surface area contributed by atoms with Gasteiger partial charge < -0.3 is 9.88 Å². The molecule has 1 aromatic heterocycles. The summed E-state index contributed by atoms with van der Waals surface area (Å²) in [6.07, 6.45) is 6.69. The van der Waals surface area contributed by atoms with Gasteiger partial charge in [0, 0.05) is 18.8 Å². The predicted octanol–water partition coefficient (Wildman–Crippen LogP) is 3.24. The molecular formula is C15H27N3. The average molecular weight is 249 g/mol. The van der Waals surface area contributed by atoms with Gasteiger partial charge in [-0.05, 0) is 37.1 Å². The summed E-state index contributed by atoms with van der Waals surface area (Å²) >= 11 is 0. The monoisotopic (exact) mass is 249 g/mol. The topological polar surface area (TPSA) is 29.9 Å². The minimum Gasteiger partial charge on any atom is -0.330 e. The first-order valence-corrected chi connectivity index (χ1v) is 7.31. The van der Waals surface area contributed by atoms with Crippen LogP contribution in [0.1, 0.15) is 52.3 Å². The van der Waals surface area contributed by atoms with E-state index in [4.69, 9.17) is 0 Å². The third kappa shape index (κ3) is 2.94. The normalized spacial score (nSPS) is 28.2. The molecule has 102 valence electrons. The van der Waals surface area contributed by atoms with Gasteiger partial charge in [0.2, 0.25) is 0 Å². The molecular weight excluding hydrogens is 222 g/mol. The summed E-state index contributed by atoms with van der Waals surface area (Å²) in [5.41, 5.74) is 1.33. The maximum absolute atomic E-state index is 4.35. The standard InChI is InChI=1S/C15H27N3/c1-11(2)7-16-8-14-9-17-10-18(14)15-6-5-12(3)13(15)4/h9-13,15-16H,5-8H2,1-4H3. The van der Waals surface area contributed by atoms with Gasteiger partial charge >= 0.3 is 0 Å². The van der Waals surface area contributed by atoms with E-state index >= 15 is 0 Å². The van der Waals surface area contributed by atoms with Crippen molar-refractivity contribution in [2.45, 2.75) is 53.1 Å². The lowest BCUT2D eigenvalue weighted by atomic mass is 9.97. The lowest BCUT2D eigenvalue weighted by molar-refractivity contribution is 0.344. The molecule has 0 bridgehead atoms. The quantitative estimate of drug-likeness (QED) is 0.868. The van der Waals surface area contributed by atoms with Gasteiger partial charge in [0.1, 0.15) is 0 Å². The van der Waals surface area contributed by atoms with Gasteiger partial charge in [-0.25, -0.2) is 4.98 Å². The van der Waals surface area contributed by atoms with Crippen LogP contribution in [0, 0.1) is 17.8 Å². The largest absolute Gasteiger partial charge is 0.330 e. The van der Waals surface area contributed by atoms with E-state index in [2.05, 4.69) is 42.6 Å². The molecule has 0 radical (unpaired) electrons. The summed E-state index contributed by atoms with van der Waals surface area (Å²) in [6.45, 7) is 11.2. The SMILES string of the molecule is CC(C)CNCc1cncn1C1CCC(C)C1C. The molecule has 0 aromatic carbocycles. The molecule has 0 aliphatic heterocycles. The minimum absolute atomic E-state index is 0.651. The van der Waals surface area contributed by atoms with Crippen molar-refractivity contribution >= 4 is 0 Å². The molecule has 1 saturated carbocycles. The second-order valence-electron chi connectivity index (χ2n) is 6.30. The van der Waals surface area contributed by atoms with Gasteiger partial charge in [-0.2, -0.15) is 0 Å². The van der Waals surface area contributed by atoms with Crippen LogP contribution in [0.25, 0.3) is 0 Å². The molecule has 3 nitrogen and oxygen atoms in total. The Kier molecular flexibility index (Phi) is 4.44. The summed E-state index contributed by atoms with van der Waals surface area (Å²) in [5.74, 6) is 2.31. The first kappa shape index (κ1) is 13.6. The Morgan fingerprint density at radius 2 is 2.17 bits per heavy atom. The fourth-order valence-electron chi connectivity index (χ4n) is 2.99. The van der Waals surface area contributed by atoms with Gasteiger partial charge in [-0.3, -0.25) is 0 Å². The molecule has 1 aromatic rings. The van der Waals surface area contributed by atoms with Crippen LogP contribution in [-0.2, 0) is 6.54 Å². The van der Waals surface area contributed by atoms with E-state index in [0.717, 1.165) is 24.9 Å². The van der Waals surface area contributed by atoms with E-state index in [1.54, 1.807) is 0 Å². The van der Waals surface area contributed by atoms with Crippen LogP contribution in [0.2, 0.25) is 0 Å². The lowest BCUT2D eigenvalue weighted by Gasteiger charge is -2.22. The van der Waals surface area contributed by atoms with Crippen molar-refractivity contribution in [3.63, 3.8) is 0 Å². The third-order valence-corrected chi connectivity index (χ3v) is 4.38. The summed E-state index contributed by atoms with van der Waals surface area (Å²) in [4.78, 5) is 4.35. The van der Waals surface area contributed by atoms with Crippen LogP contribution in [0.15, 0.2) is 12.5 Å². The molecule has 3 heteroatoms. The highest BCUT2D eigenvalue weighted by Crippen LogP contribution is 2.40. The number of imidazole rings is 1. The second kappa shape index (κ2) is 5.87. The minimum atomic E-state index is 0.651. The van der Waals surface area contributed by atoms with Crippen LogP contribution < -0.4 is 5.32 Å². The molecule has 3 atom stereocenters. The zero-order chi connectivity index (χ0) is 13.1. The van der Waals surface area contributed by atoms with Gasteiger partial charge in [0.05, 0.1) is 12.0 Å². The summed E-state index contributed by atoms with van der Waals surface area (Å²) < 4.78 is 2.40. The molecule has 3 unspecified atom stereocenters. The van der Waals surface area contributed by atoms with E-state index in [0.29, 0.717) is 12.0 Å². The van der Waals surface area contributed by atoms with Crippen molar-refractivity contribution in [1.29, 1.82) is 0 Å². The maximum Gasteiger partial charge on any atom is 0.0951 e. The first-order valence-electron chi connectivity index (χ1n) is 7.31. The van der Waals surface area contributed by atoms with Crippen molar-refractivity contribution in [2.75, 3.05) is 6.54 Å². The van der Waals surface area contributed by atoms with Gasteiger partial charge in [0.15, 0.2) is 0 Å². The zero-order valence-electron chi connectivity index (χ0n) is 12.2. The van der Waals surface area contributed by atoms with E-state index in [1.165, 1.54) is 18.5 Å². The molecule has 0 amide bonds. The maximum atomic E-state index is 4.35. The van der Waals surface area contributed by atoms with Gasteiger partial charge in [0.25, 0.3) is 0 Å². The van der Waals surface area contributed by atoms with Crippen LogP contribution in [0.5, 0.6) is 0 Å². The number of nitrogens with one attached hydrogen (secondary N) is 1. The van der Waals surface area contributed by atoms with Crippen molar-refractivity contribution in [2.24, 2.45) is 17.8 Å². The smallest absolute Gasteiger partial charge is 0.0951 e. The van der Waals surface area contributed by atoms with Crippen molar-refractivity contribution in [3.8, 4) is 0 Å². The zero-order valence-corrected chi connectivity index (χ0v) is 12.2. The fraction of sp³-hybridized carbons (Fsp3) is 0.800. The number of hydrogen-bond acceptors (Lipinski definition) is 2. The van der Waals surface area contributed by atoms with E-state index in [9.17, 15) is 0 Å². The summed E-state index contributed by atoms with van der Waals surface area (Å²) in [6, 6.07) is 0.651. The van der Waals surface area contributed by atoms with E-state index in [1.807, 2.05) is 12.5 Å². The molecule has 0 spiro atoms. The molecule has 0 saturated heterocycles. The highest BCUT2D eigenvalue weighted by molar-refractivity contribution is 5.02. The third-order valence-electron chi connectivity index (χ3n) is 4.38. The van der Waals surface area contributed by atoms with Gasteiger partial charge in [-0.15, -0.1) is 0 Å². The van der Waals surface area contributed by atoms with Crippen molar-refractivity contribution in [3.05, 3.63) is 18.2 Å². The molecule has 1 heterocycles. The molecule has 18 heavy (non-hydrogen) atoms. The Bertz CT molecular complexity index is 370. The van der Waals surface area contributed by atoms with Crippen LogP contribution >= 0.6 is 0 Å². The summed E-state index contributed by atoms with van der Waals surface area (Å²) in [5, 5.41) is 3.52. The Hall–Kier alpha value is -0.830. The molecule has 1 N–H and O–H groups in total. The average Bonchev–Trinajstić information content (AvgIpc) is 2.88. The Morgan fingerprint density at radius 1 is 1.39 bits per heavy atom. The van der Waals surface area contributed by atoms with Crippen LogP contribution in [-0.4, -0.2) is 16.1 Å². The number of hydrogen-bond donors (Lipinski definition) is 1. The molecule has 1 fully saturated rings.